The number of allylic oxidation sites excluding steroid dienone is 1. The van der Waals surface area contributed by atoms with E-state index < -0.39 is 17.0 Å². The molecule has 4 N–H and O–H groups in total. The van der Waals surface area contributed by atoms with Crippen LogP contribution < -0.4 is 20.3 Å². The molecule has 0 aromatic heterocycles. The normalized spacial score (nSPS) is 15.3. The van der Waals surface area contributed by atoms with Gasteiger partial charge in [-0.3, -0.25) is 15.1 Å². The van der Waals surface area contributed by atoms with Crippen LogP contribution in [0.3, 0.4) is 0 Å². The van der Waals surface area contributed by atoms with Gasteiger partial charge in [0, 0.05) is 6.08 Å². The van der Waals surface area contributed by atoms with Crippen LogP contribution in [0.25, 0.3) is 5.70 Å². The molecule has 2 aliphatic rings. The summed E-state index contributed by atoms with van der Waals surface area (Å²) in [6, 6.07) is 11.3. The van der Waals surface area contributed by atoms with Crippen LogP contribution in [0.2, 0.25) is 0 Å². The van der Waals surface area contributed by atoms with Crippen LogP contribution in [0.5, 0.6) is 5.75 Å². The van der Waals surface area contributed by atoms with E-state index in [1.807, 2.05) is 0 Å². The fourth-order valence-corrected chi connectivity index (χ4v) is 2.95. The summed E-state index contributed by atoms with van der Waals surface area (Å²) in [5, 5.41) is 24.6. The number of alkyl halides is 3. The van der Waals surface area contributed by atoms with E-state index >= 15 is 0 Å². The van der Waals surface area contributed by atoms with Crippen molar-refractivity contribution < 1.29 is 33.4 Å². The van der Waals surface area contributed by atoms with E-state index in [9.17, 15) is 28.4 Å². The average molecular weight is 410 g/mol. The number of rotatable bonds is 3. The molecular formula is C17H13F3N4O5. The molecule has 0 aliphatic carbocycles. The minimum Gasteiger partial charge on any atom is -0.492 e. The van der Waals surface area contributed by atoms with Crippen molar-refractivity contribution in [1.29, 1.82) is 0 Å². The molecule has 4 rings (SSSR count). The number of halogens is 3. The Morgan fingerprint density at radius 2 is 1.72 bits per heavy atom. The summed E-state index contributed by atoms with van der Waals surface area (Å²) in [4.78, 5) is 10.8. The fraction of sp³-hybridized carbons (Fsp3) is 0.0588. The molecule has 0 radical (unpaired) electrons. The summed E-state index contributed by atoms with van der Waals surface area (Å²) < 4.78 is 40.7. The van der Waals surface area contributed by atoms with Gasteiger partial charge in [-0.15, -0.1) is 18.7 Å². The first-order chi connectivity index (χ1) is 13.2. The van der Waals surface area contributed by atoms with E-state index in [-0.39, 0.29) is 22.8 Å². The van der Waals surface area contributed by atoms with Crippen molar-refractivity contribution in [2.45, 2.75) is 6.36 Å². The highest BCUT2D eigenvalue weighted by Crippen LogP contribution is 2.39. The van der Waals surface area contributed by atoms with Crippen molar-refractivity contribution in [3.05, 3.63) is 81.9 Å². The molecule has 0 unspecified atom stereocenters. The lowest BCUT2D eigenvalue weighted by Gasteiger charge is -2.26. The second-order valence-corrected chi connectivity index (χ2v) is 5.83. The van der Waals surface area contributed by atoms with Crippen LogP contribution in [0.4, 0.5) is 24.5 Å². The molecule has 0 saturated carbocycles. The molecule has 2 aromatic rings. The van der Waals surface area contributed by atoms with Crippen LogP contribution in [0.1, 0.15) is 5.56 Å². The predicted molar refractivity (Wildman–Crippen MR) is 95.9 cm³/mol. The molecule has 0 atom stereocenters. The third-order valence-electron chi connectivity index (χ3n) is 4.10. The summed E-state index contributed by atoms with van der Waals surface area (Å²) in [5.74, 6) is -0.764. The van der Waals surface area contributed by atoms with Crippen LogP contribution in [0, 0.1) is 10.1 Å². The smallest absolute Gasteiger partial charge is 0.492 e. The van der Waals surface area contributed by atoms with Crippen molar-refractivity contribution in [3.8, 4) is 5.75 Å². The van der Waals surface area contributed by atoms with E-state index in [0.29, 0.717) is 16.9 Å². The molecule has 0 amide bonds. The van der Waals surface area contributed by atoms with Gasteiger partial charge in [0.15, 0.2) is 0 Å². The summed E-state index contributed by atoms with van der Waals surface area (Å²) in [6.07, 6.45) is -3.60. The van der Waals surface area contributed by atoms with E-state index in [4.69, 9.17) is 0 Å². The van der Waals surface area contributed by atoms with Gasteiger partial charge in [-0.05, 0) is 36.4 Å². The zero-order valence-corrected chi connectivity index (χ0v) is 14.3. The van der Waals surface area contributed by atoms with Crippen LogP contribution >= 0.6 is 0 Å². The maximum Gasteiger partial charge on any atom is 0.573 e. The van der Waals surface area contributed by atoms with Crippen molar-refractivity contribution >= 4 is 17.1 Å². The molecular weight excluding hydrogens is 397 g/mol. The molecule has 29 heavy (non-hydrogen) atoms. The molecule has 12 heteroatoms. The molecule has 2 heterocycles. The number of ether oxygens (including phenoxy) is 1. The van der Waals surface area contributed by atoms with E-state index in [2.05, 4.69) is 10.3 Å². The number of fused-ring (bicyclic) bond motifs is 3. The second-order valence-electron chi connectivity index (χ2n) is 5.83. The van der Waals surface area contributed by atoms with Gasteiger partial charge in [0.25, 0.3) is 5.70 Å². The summed E-state index contributed by atoms with van der Waals surface area (Å²) in [5.41, 5.74) is 3.88. The van der Waals surface area contributed by atoms with Gasteiger partial charge in [0.2, 0.25) is 5.88 Å². The lowest BCUT2D eigenvalue weighted by Crippen LogP contribution is -2.42. The highest BCUT2D eigenvalue weighted by atomic mass is 19.4. The zero-order valence-electron chi connectivity index (χ0n) is 14.3. The molecule has 0 saturated heterocycles. The average Bonchev–Trinajstić information content (AvgIpc) is 2.97. The monoisotopic (exact) mass is 410 g/mol. The molecule has 2 aliphatic heterocycles. The Kier molecular flexibility index (Phi) is 4.82. The molecule has 2 aromatic carbocycles. The maximum absolute atomic E-state index is 12.3. The number of aliphatic hydroxyl groups is 1. The van der Waals surface area contributed by atoms with Gasteiger partial charge in [-0.25, -0.2) is 5.01 Å². The van der Waals surface area contributed by atoms with Gasteiger partial charge in [-0.1, -0.05) is 12.1 Å². The molecule has 0 fully saturated rings. The van der Waals surface area contributed by atoms with Gasteiger partial charge in [0.05, 0.1) is 21.9 Å². The first-order valence-corrected chi connectivity index (χ1v) is 7.86. The minimum absolute atomic E-state index is 0. The molecule has 152 valence electrons. The zero-order chi connectivity index (χ0) is 20.1. The highest BCUT2D eigenvalue weighted by molar-refractivity contribution is 5.82. The van der Waals surface area contributed by atoms with Gasteiger partial charge >= 0.3 is 6.36 Å². The van der Waals surface area contributed by atoms with Crippen LogP contribution in [0.15, 0.2) is 66.2 Å². The first-order valence-electron chi connectivity index (χ1n) is 7.86. The van der Waals surface area contributed by atoms with E-state index in [0.717, 1.165) is 12.1 Å². The van der Waals surface area contributed by atoms with E-state index in [1.165, 1.54) is 28.2 Å². The number of nitrogens with zero attached hydrogens (tertiary/aromatic N) is 3. The largest absolute Gasteiger partial charge is 0.573 e. The standard InChI is InChI=1S/C17H11F3N4O4.H2O/c18-17(19,20)28-11-7-5-10(6-8-11)22-16(25)15-9-14(24(26)27)12-3-1-2-4-13(12)23(15)21-22;/h1-9,21,25H;1H2. The summed E-state index contributed by atoms with van der Waals surface area (Å²) in [6.45, 7) is 0. The van der Waals surface area contributed by atoms with Crippen LogP contribution in [-0.4, -0.2) is 21.9 Å². The van der Waals surface area contributed by atoms with Crippen LogP contribution in [-0.2, 0) is 0 Å². The maximum atomic E-state index is 12.3. The number of nitrogens with one attached hydrogen (secondary N) is 1. The van der Waals surface area contributed by atoms with Crippen molar-refractivity contribution in [2.75, 3.05) is 10.0 Å². The number of anilines is 2. The number of nitro groups is 1. The molecule has 0 spiro atoms. The Bertz CT molecular complexity index is 1020. The van der Waals surface area contributed by atoms with Gasteiger partial charge in [-0.2, -0.15) is 0 Å². The molecule has 0 bridgehead atoms. The number of hydrazine groups is 2. The van der Waals surface area contributed by atoms with Crippen molar-refractivity contribution in [2.24, 2.45) is 0 Å². The van der Waals surface area contributed by atoms with Crippen molar-refractivity contribution in [1.82, 2.24) is 5.53 Å². The quantitative estimate of drug-likeness (QED) is 0.589. The minimum atomic E-state index is -4.81. The summed E-state index contributed by atoms with van der Waals surface area (Å²) in [7, 11) is 0. The van der Waals surface area contributed by atoms with Gasteiger partial charge in [0.1, 0.15) is 11.4 Å². The third kappa shape index (κ3) is 3.53. The number of benzene rings is 2. The topological polar surface area (TPSA) is 123 Å². The predicted octanol–water partition coefficient (Wildman–Crippen LogP) is 2.87. The van der Waals surface area contributed by atoms with E-state index in [1.54, 1.807) is 24.3 Å². The number of hydrogen-bond donors (Lipinski definition) is 2. The highest BCUT2D eigenvalue weighted by Gasteiger charge is 2.38. The van der Waals surface area contributed by atoms with Gasteiger partial charge < -0.3 is 15.3 Å². The third-order valence-corrected chi connectivity index (χ3v) is 4.10. The van der Waals surface area contributed by atoms with Crippen molar-refractivity contribution in [3.63, 3.8) is 0 Å². The SMILES string of the molecule is O.O=[N+]([O-])C1=CC2=C(O)N(c3ccc(OC(F)(F)F)cc3)NN2c2ccccc21. The second kappa shape index (κ2) is 7.00. The summed E-state index contributed by atoms with van der Waals surface area (Å²) >= 11 is 0. The number of aliphatic hydroxyl groups excluding tert-OH is 1. The Balaban J connectivity index is 0.00000240. The number of hydrogen-bond acceptors (Lipinski definition) is 7. The Morgan fingerprint density at radius 1 is 1.07 bits per heavy atom. The first kappa shape index (κ1) is 20.0. The lowest BCUT2D eigenvalue weighted by atomic mass is 10.0. The Hall–Kier alpha value is -3.77. The molecule has 9 nitrogen and oxygen atoms in total. The Morgan fingerprint density at radius 3 is 2.34 bits per heavy atom. The lowest BCUT2D eigenvalue weighted by molar-refractivity contribution is -0.375. The Labute approximate surface area is 160 Å². The fourth-order valence-electron chi connectivity index (χ4n) is 2.95. The number of para-hydroxylation sites is 1.